The quantitative estimate of drug-likeness (QED) is 0.637. The molecule has 152 valence electrons. The highest BCUT2D eigenvalue weighted by Gasteiger charge is 2.30. The summed E-state index contributed by atoms with van der Waals surface area (Å²) in [4.78, 5) is 20.7. The van der Waals surface area contributed by atoms with Gasteiger partial charge in [-0.05, 0) is 41.5 Å². The number of ether oxygens (including phenoxy) is 1. The number of hydrazine groups is 1. The van der Waals surface area contributed by atoms with Crippen LogP contribution < -0.4 is 20.9 Å². The van der Waals surface area contributed by atoms with Gasteiger partial charge in [-0.15, -0.1) is 0 Å². The maximum Gasteiger partial charge on any atom is 0.285 e. The first kappa shape index (κ1) is 19.7. The zero-order valence-corrected chi connectivity index (χ0v) is 17.0. The third-order valence-corrected chi connectivity index (χ3v) is 5.00. The number of benzene rings is 2. The number of nitrogens with one attached hydrogen (secondary N) is 1. The summed E-state index contributed by atoms with van der Waals surface area (Å²) in [5.74, 6) is 0.767. The van der Waals surface area contributed by atoms with Crippen LogP contribution >= 0.6 is 11.6 Å². The molecule has 2 aromatic carbocycles. The highest BCUT2D eigenvalue weighted by Crippen LogP contribution is 2.34. The Morgan fingerprint density at radius 3 is 2.73 bits per heavy atom. The highest BCUT2D eigenvalue weighted by atomic mass is 35.5. The number of carbonyl (C=O) groups is 1. The number of hydrogen-bond acceptors (Lipinski definition) is 6. The van der Waals surface area contributed by atoms with Gasteiger partial charge in [0.25, 0.3) is 5.91 Å². The minimum Gasteiger partial charge on any atom is -0.496 e. The second kappa shape index (κ2) is 8.42. The third-order valence-electron chi connectivity index (χ3n) is 4.76. The van der Waals surface area contributed by atoms with Crippen LogP contribution in [0, 0.1) is 0 Å². The Labute approximate surface area is 179 Å². The van der Waals surface area contributed by atoms with Crippen molar-refractivity contribution in [3.8, 4) is 16.9 Å². The molecule has 1 unspecified atom stereocenters. The zero-order valence-electron chi connectivity index (χ0n) is 16.2. The van der Waals surface area contributed by atoms with Crippen LogP contribution in [-0.2, 0) is 11.2 Å². The topological polar surface area (TPSA) is 92.8 Å². The summed E-state index contributed by atoms with van der Waals surface area (Å²) in [7, 11) is 1.61. The number of carbonyl (C=O) groups excluding carboxylic acids is 1. The number of methoxy groups -OCH3 is 1. The van der Waals surface area contributed by atoms with E-state index < -0.39 is 5.91 Å². The molecule has 0 radical (unpaired) electrons. The lowest BCUT2D eigenvalue weighted by atomic mass is 10.1. The van der Waals surface area contributed by atoms with Gasteiger partial charge in [0, 0.05) is 23.2 Å². The average molecular weight is 422 g/mol. The van der Waals surface area contributed by atoms with Crippen LogP contribution in [0.15, 0.2) is 71.9 Å². The summed E-state index contributed by atoms with van der Waals surface area (Å²) in [6.07, 6.45) is 1.89. The lowest BCUT2D eigenvalue weighted by Gasteiger charge is -2.24. The van der Waals surface area contributed by atoms with Crippen molar-refractivity contribution in [2.24, 2.45) is 10.7 Å². The molecule has 1 aliphatic heterocycles. The number of aliphatic imine (C=N–C) groups is 1. The molecule has 8 heteroatoms. The molecule has 30 heavy (non-hydrogen) atoms. The molecule has 0 saturated carbocycles. The van der Waals surface area contributed by atoms with Crippen molar-refractivity contribution in [1.82, 2.24) is 10.4 Å². The summed E-state index contributed by atoms with van der Waals surface area (Å²) in [6, 6.07) is 19.1. The van der Waals surface area contributed by atoms with E-state index in [1.165, 1.54) is 0 Å². The molecule has 4 rings (SSSR count). The van der Waals surface area contributed by atoms with Crippen molar-refractivity contribution >= 4 is 29.2 Å². The number of nitrogens with two attached hydrogens (primary N) is 1. The fourth-order valence-electron chi connectivity index (χ4n) is 3.34. The van der Waals surface area contributed by atoms with E-state index in [0.29, 0.717) is 23.0 Å². The van der Waals surface area contributed by atoms with Crippen LogP contribution in [-0.4, -0.2) is 30.0 Å². The zero-order chi connectivity index (χ0) is 21.1. The molecule has 0 spiro atoms. The Morgan fingerprint density at radius 2 is 2.00 bits per heavy atom. The van der Waals surface area contributed by atoms with Crippen LogP contribution in [0.3, 0.4) is 0 Å². The van der Waals surface area contributed by atoms with E-state index in [-0.39, 0.29) is 12.0 Å². The van der Waals surface area contributed by atoms with Crippen molar-refractivity contribution in [2.45, 2.75) is 12.6 Å². The van der Waals surface area contributed by atoms with E-state index in [1.807, 2.05) is 54.6 Å². The van der Waals surface area contributed by atoms with E-state index >= 15 is 0 Å². The van der Waals surface area contributed by atoms with Crippen LogP contribution in [0.25, 0.3) is 11.1 Å². The molecule has 0 aliphatic carbocycles. The Hall–Kier alpha value is -3.58. The molecule has 1 aromatic heterocycles. The Kier molecular flexibility index (Phi) is 5.54. The van der Waals surface area contributed by atoms with Gasteiger partial charge >= 0.3 is 0 Å². The van der Waals surface area contributed by atoms with Gasteiger partial charge in [-0.3, -0.25) is 10.2 Å². The molecule has 1 aliphatic rings. The molecular formula is C22H20ClN5O2. The number of primary amides is 1. The lowest BCUT2D eigenvalue weighted by molar-refractivity contribution is -0.112. The second-order valence-corrected chi connectivity index (χ2v) is 7.18. The predicted octanol–water partition coefficient (Wildman–Crippen LogP) is 3.19. The van der Waals surface area contributed by atoms with Crippen LogP contribution in [0.2, 0.25) is 5.02 Å². The number of rotatable bonds is 6. The van der Waals surface area contributed by atoms with Crippen molar-refractivity contribution in [2.75, 3.05) is 12.1 Å². The van der Waals surface area contributed by atoms with Crippen molar-refractivity contribution in [1.29, 1.82) is 0 Å². The van der Waals surface area contributed by atoms with Gasteiger partial charge in [-0.2, -0.15) is 0 Å². The van der Waals surface area contributed by atoms with E-state index in [4.69, 9.17) is 22.1 Å². The standard InChI is InChI=1S/C22H20ClN5O2/c1-30-18-8-7-16(23)13-17(18)15-9-10-25-19(12-15)28-20(26-22(27-28)21(24)29)11-14-5-3-2-4-6-14/h2-10,12-13,20H,11H2,1H3,(H2,24,29)(H,26,27). The summed E-state index contributed by atoms with van der Waals surface area (Å²) < 4.78 is 5.48. The molecule has 1 amide bonds. The summed E-state index contributed by atoms with van der Waals surface area (Å²) in [6.45, 7) is 0. The third kappa shape index (κ3) is 4.06. The lowest BCUT2D eigenvalue weighted by Crippen LogP contribution is -2.45. The second-order valence-electron chi connectivity index (χ2n) is 6.74. The molecule has 7 nitrogen and oxygen atoms in total. The van der Waals surface area contributed by atoms with Crippen molar-refractivity contribution in [3.05, 3.63) is 77.4 Å². The number of hydrogen-bond donors (Lipinski definition) is 2. The van der Waals surface area contributed by atoms with Crippen LogP contribution in [0.5, 0.6) is 5.75 Å². The van der Waals surface area contributed by atoms with Gasteiger partial charge in [0.15, 0.2) is 0 Å². The highest BCUT2D eigenvalue weighted by molar-refractivity contribution is 6.38. The fraction of sp³-hybridized carbons (Fsp3) is 0.136. The molecule has 0 bridgehead atoms. The first-order valence-electron chi connectivity index (χ1n) is 9.32. The maximum atomic E-state index is 11.7. The fourth-order valence-corrected chi connectivity index (χ4v) is 3.51. The average Bonchev–Trinajstić information content (AvgIpc) is 3.19. The number of aromatic nitrogens is 1. The summed E-state index contributed by atoms with van der Waals surface area (Å²) >= 11 is 6.19. The van der Waals surface area contributed by atoms with E-state index in [1.54, 1.807) is 24.4 Å². The predicted molar refractivity (Wildman–Crippen MR) is 117 cm³/mol. The normalized spacial score (nSPS) is 15.5. The van der Waals surface area contributed by atoms with Gasteiger partial charge in [0.05, 0.1) is 7.11 Å². The largest absolute Gasteiger partial charge is 0.496 e. The van der Waals surface area contributed by atoms with Gasteiger partial charge in [0.2, 0.25) is 5.84 Å². The molecule has 2 heterocycles. The number of nitrogens with zero attached hydrogens (tertiary/aromatic N) is 3. The number of amidine groups is 1. The van der Waals surface area contributed by atoms with E-state index in [2.05, 4.69) is 15.4 Å². The van der Waals surface area contributed by atoms with E-state index in [0.717, 1.165) is 16.7 Å². The molecule has 3 aromatic rings. The van der Waals surface area contributed by atoms with E-state index in [9.17, 15) is 4.79 Å². The Balaban J connectivity index is 1.69. The minimum absolute atomic E-state index is 0.100. The maximum absolute atomic E-state index is 11.7. The van der Waals surface area contributed by atoms with Gasteiger partial charge in [0.1, 0.15) is 17.7 Å². The van der Waals surface area contributed by atoms with Gasteiger partial charge in [-0.25, -0.2) is 15.0 Å². The SMILES string of the molecule is COc1ccc(Cl)cc1-c1ccnc(N2NC(C(N)=O)=NC2Cc2ccccc2)c1. The monoisotopic (exact) mass is 421 g/mol. The van der Waals surface area contributed by atoms with Crippen molar-refractivity contribution < 1.29 is 9.53 Å². The summed E-state index contributed by atoms with van der Waals surface area (Å²) in [5.41, 5.74) is 11.2. The minimum atomic E-state index is -0.622. The first-order chi connectivity index (χ1) is 14.5. The van der Waals surface area contributed by atoms with Crippen molar-refractivity contribution in [3.63, 3.8) is 0 Å². The Morgan fingerprint density at radius 1 is 1.20 bits per heavy atom. The first-order valence-corrected chi connectivity index (χ1v) is 9.70. The Bertz CT molecular complexity index is 1100. The summed E-state index contributed by atoms with van der Waals surface area (Å²) in [5, 5.41) is 2.35. The molecule has 0 saturated heterocycles. The molecule has 3 N–H and O–H groups in total. The number of amides is 1. The molecule has 0 fully saturated rings. The molecule has 1 atom stereocenters. The van der Waals surface area contributed by atoms with Gasteiger partial charge < -0.3 is 10.5 Å². The number of anilines is 1. The smallest absolute Gasteiger partial charge is 0.285 e. The number of halogens is 1. The molecular weight excluding hydrogens is 402 g/mol. The van der Waals surface area contributed by atoms with Crippen LogP contribution in [0.1, 0.15) is 5.56 Å². The number of pyridine rings is 1. The van der Waals surface area contributed by atoms with Gasteiger partial charge in [-0.1, -0.05) is 41.9 Å². The van der Waals surface area contributed by atoms with Crippen LogP contribution in [0.4, 0.5) is 5.82 Å².